The third-order valence-electron chi connectivity index (χ3n) is 3.90. The van der Waals surface area contributed by atoms with Crippen LogP contribution in [0.2, 0.25) is 0 Å². The number of hydrogen-bond donors (Lipinski definition) is 1. The summed E-state index contributed by atoms with van der Waals surface area (Å²) in [7, 11) is 0. The van der Waals surface area contributed by atoms with Crippen molar-refractivity contribution in [1.29, 1.82) is 0 Å². The number of aromatic nitrogens is 1. The molecule has 1 N–H and O–H groups in total. The molecule has 0 aliphatic heterocycles. The van der Waals surface area contributed by atoms with Crippen molar-refractivity contribution in [1.82, 2.24) is 4.98 Å². The molecule has 1 aromatic heterocycles. The number of anilines is 1. The monoisotopic (exact) mass is 306 g/mol. The van der Waals surface area contributed by atoms with Gasteiger partial charge in [0, 0.05) is 29.9 Å². The average molecular weight is 306 g/mol. The number of hydrogen-bond acceptors (Lipinski definition) is 3. The molecular formula is C20H22N2O. The van der Waals surface area contributed by atoms with E-state index in [1.807, 2.05) is 50.2 Å². The van der Waals surface area contributed by atoms with E-state index in [2.05, 4.69) is 34.1 Å². The van der Waals surface area contributed by atoms with E-state index >= 15 is 0 Å². The molecular weight excluding hydrogens is 284 g/mol. The van der Waals surface area contributed by atoms with Gasteiger partial charge < -0.3 is 10.0 Å². The highest BCUT2D eigenvalue weighted by Gasteiger charge is 2.12. The molecule has 0 saturated carbocycles. The van der Waals surface area contributed by atoms with Crippen LogP contribution in [-0.4, -0.2) is 22.7 Å². The Bertz CT molecular complexity index is 784. The molecule has 0 saturated heterocycles. The number of benzene rings is 2. The van der Waals surface area contributed by atoms with Gasteiger partial charge in [-0.05, 0) is 43.7 Å². The predicted molar refractivity (Wildman–Crippen MR) is 95.7 cm³/mol. The molecule has 3 aromatic rings. The summed E-state index contributed by atoms with van der Waals surface area (Å²) < 4.78 is 0. The Kier molecular flexibility index (Phi) is 4.58. The molecule has 3 nitrogen and oxygen atoms in total. The quantitative estimate of drug-likeness (QED) is 0.776. The molecule has 23 heavy (non-hydrogen) atoms. The van der Waals surface area contributed by atoms with Crippen LogP contribution in [0.15, 0.2) is 60.7 Å². The van der Waals surface area contributed by atoms with Crippen LogP contribution in [0.5, 0.6) is 0 Å². The van der Waals surface area contributed by atoms with Crippen molar-refractivity contribution in [3.05, 3.63) is 71.9 Å². The summed E-state index contributed by atoms with van der Waals surface area (Å²) in [4.78, 5) is 6.82. The summed E-state index contributed by atoms with van der Waals surface area (Å²) in [6.07, 6.45) is -0.385. The number of fused-ring (bicyclic) bond motifs is 1. The number of aryl methyl sites for hydroxylation is 1. The number of rotatable bonds is 5. The lowest BCUT2D eigenvalue weighted by molar-refractivity contribution is 0.199. The summed E-state index contributed by atoms with van der Waals surface area (Å²) in [5.41, 5.74) is 4.39. The van der Waals surface area contributed by atoms with Crippen LogP contribution in [-0.2, 0) is 6.54 Å². The second-order valence-electron chi connectivity index (χ2n) is 6.01. The molecule has 0 radical (unpaired) electrons. The highest BCUT2D eigenvalue weighted by atomic mass is 16.3. The molecule has 0 spiro atoms. The molecule has 0 aliphatic carbocycles. The van der Waals surface area contributed by atoms with E-state index in [4.69, 9.17) is 0 Å². The van der Waals surface area contributed by atoms with Gasteiger partial charge >= 0.3 is 0 Å². The van der Waals surface area contributed by atoms with Crippen molar-refractivity contribution >= 4 is 16.6 Å². The Morgan fingerprint density at radius 3 is 2.48 bits per heavy atom. The highest BCUT2D eigenvalue weighted by Crippen LogP contribution is 2.23. The van der Waals surface area contributed by atoms with Gasteiger partial charge in [-0.1, -0.05) is 36.4 Å². The first-order valence-corrected chi connectivity index (χ1v) is 7.97. The molecule has 2 aromatic carbocycles. The summed E-state index contributed by atoms with van der Waals surface area (Å²) in [6.45, 7) is 5.20. The molecule has 0 bridgehead atoms. The summed E-state index contributed by atoms with van der Waals surface area (Å²) in [5, 5.41) is 11.0. The van der Waals surface area contributed by atoms with Crippen LogP contribution in [0.1, 0.15) is 18.2 Å². The van der Waals surface area contributed by atoms with Crippen molar-refractivity contribution in [2.75, 3.05) is 11.4 Å². The van der Waals surface area contributed by atoms with E-state index in [0.29, 0.717) is 6.54 Å². The minimum atomic E-state index is -0.385. The lowest BCUT2D eigenvalue weighted by atomic mass is 10.1. The van der Waals surface area contributed by atoms with Crippen LogP contribution in [0, 0.1) is 6.92 Å². The normalized spacial score (nSPS) is 12.3. The minimum Gasteiger partial charge on any atom is -0.392 e. The standard InChI is InChI=1S/C20H22N2O/c1-15-12-17(19-10-6-7-11-20(19)21-15)14-22(13-16(2)23)18-8-4-3-5-9-18/h3-12,16,23H,13-14H2,1-2H3. The van der Waals surface area contributed by atoms with Gasteiger partial charge in [0.2, 0.25) is 0 Å². The highest BCUT2D eigenvalue weighted by molar-refractivity contribution is 5.82. The van der Waals surface area contributed by atoms with Crippen LogP contribution in [0.4, 0.5) is 5.69 Å². The maximum atomic E-state index is 9.88. The molecule has 0 fully saturated rings. The molecule has 1 unspecified atom stereocenters. The zero-order valence-corrected chi connectivity index (χ0v) is 13.6. The Balaban J connectivity index is 2.00. The number of aliphatic hydroxyl groups excluding tert-OH is 1. The molecule has 1 atom stereocenters. The number of pyridine rings is 1. The summed E-state index contributed by atoms with van der Waals surface area (Å²) in [5.74, 6) is 0. The van der Waals surface area contributed by atoms with Crippen LogP contribution in [0.25, 0.3) is 10.9 Å². The predicted octanol–water partition coefficient (Wildman–Crippen LogP) is 3.93. The van der Waals surface area contributed by atoms with Gasteiger partial charge in [-0.25, -0.2) is 0 Å². The Hall–Kier alpha value is -2.39. The van der Waals surface area contributed by atoms with E-state index in [1.165, 1.54) is 10.9 Å². The Morgan fingerprint density at radius 2 is 1.74 bits per heavy atom. The summed E-state index contributed by atoms with van der Waals surface area (Å²) >= 11 is 0. The van der Waals surface area contributed by atoms with E-state index in [1.54, 1.807) is 0 Å². The van der Waals surface area contributed by atoms with Crippen molar-refractivity contribution in [2.45, 2.75) is 26.5 Å². The number of nitrogens with zero attached hydrogens (tertiary/aromatic N) is 2. The Labute approximate surface area is 137 Å². The first-order chi connectivity index (χ1) is 11.1. The summed E-state index contributed by atoms with van der Waals surface area (Å²) in [6, 6.07) is 20.6. The molecule has 0 aliphatic rings. The SMILES string of the molecule is Cc1cc(CN(CC(C)O)c2ccccc2)c2ccccc2n1. The zero-order valence-electron chi connectivity index (χ0n) is 13.6. The minimum absolute atomic E-state index is 0.385. The zero-order chi connectivity index (χ0) is 16.2. The van der Waals surface area contributed by atoms with Gasteiger partial charge in [-0.2, -0.15) is 0 Å². The molecule has 3 rings (SSSR count). The van der Waals surface area contributed by atoms with E-state index in [9.17, 15) is 5.11 Å². The van der Waals surface area contributed by atoms with Crippen molar-refractivity contribution in [2.24, 2.45) is 0 Å². The lowest BCUT2D eigenvalue weighted by Crippen LogP contribution is -2.30. The fourth-order valence-electron chi connectivity index (χ4n) is 2.95. The number of aliphatic hydroxyl groups is 1. The molecule has 0 amide bonds. The average Bonchev–Trinajstić information content (AvgIpc) is 2.54. The van der Waals surface area contributed by atoms with E-state index in [-0.39, 0.29) is 6.10 Å². The van der Waals surface area contributed by atoms with Gasteiger partial charge in [-0.3, -0.25) is 4.98 Å². The lowest BCUT2D eigenvalue weighted by Gasteiger charge is -2.27. The topological polar surface area (TPSA) is 36.4 Å². The van der Waals surface area contributed by atoms with Gasteiger partial charge in [0.1, 0.15) is 0 Å². The fourth-order valence-corrected chi connectivity index (χ4v) is 2.95. The number of para-hydroxylation sites is 2. The maximum Gasteiger partial charge on any atom is 0.0708 e. The molecule has 118 valence electrons. The van der Waals surface area contributed by atoms with Crippen molar-refractivity contribution in [3.8, 4) is 0 Å². The second-order valence-corrected chi connectivity index (χ2v) is 6.01. The first kappa shape index (κ1) is 15.5. The van der Waals surface area contributed by atoms with Crippen LogP contribution in [0.3, 0.4) is 0 Å². The van der Waals surface area contributed by atoms with Gasteiger partial charge in [-0.15, -0.1) is 0 Å². The smallest absolute Gasteiger partial charge is 0.0708 e. The molecule has 1 heterocycles. The largest absolute Gasteiger partial charge is 0.392 e. The van der Waals surface area contributed by atoms with Crippen LogP contribution >= 0.6 is 0 Å². The molecule has 3 heteroatoms. The van der Waals surface area contributed by atoms with Crippen molar-refractivity contribution < 1.29 is 5.11 Å². The first-order valence-electron chi connectivity index (χ1n) is 7.97. The van der Waals surface area contributed by atoms with Gasteiger partial charge in [0.15, 0.2) is 0 Å². The second kappa shape index (κ2) is 6.80. The maximum absolute atomic E-state index is 9.88. The van der Waals surface area contributed by atoms with Crippen LogP contribution < -0.4 is 4.90 Å². The van der Waals surface area contributed by atoms with Gasteiger partial charge in [0.05, 0.1) is 11.6 Å². The fraction of sp³-hybridized carbons (Fsp3) is 0.250. The Morgan fingerprint density at radius 1 is 1.04 bits per heavy atom. The van der Waals surface area contributed by atoms with Gasteiger partial charge in [0.25, 0.3) is 0 Å². The third-order valence-corrected chi connectivity index (χ3v) is 3.90. The van der Waals surface area contributed by atoms with E-state index < -0.39 is 0 Å². The van der Waals surface area contributed by atoms with Crippen molar-refractivity contribution in [3.63, 3.8) is 0 Å². The van der Waals surface area contributed by atoms with E-state index in [0.717, 1.165) is 23.4 Å². The third kappa shape index (κ3) is 3.69.